The quantitative estimate of drug-likeness (QED) is 0.789. The number of urea groups is 1. The minimum Gasteiger partial charge on any atom is -0.319 e. The SMILES string of the molecule is Cc1cnc(NC(=O)N(C2CCC(C)CC2)C2CCC(C)CC2)s1. The van der Waals surface area contributed by atoms with Crippen molar-refractivity contribution in [2.24, 2.45) is 11.8 Å². The van der Waals surface area contributed by atoms with Crippen LogP contribution in [-0.4, -0.2) is 28.0 Å². The van der Waals surface area contributed by atoms with E-state index in [2.05, 4.69) is 29.0 Å². The van der Waals surface area contributed by atoms with Gasteiger partial charge in [-0.05, 0) is 70.1 Å². The molecule has 2 aliphatic carbocycles. The Balaban J connectivity index is 1.71. The number of aromatic nitrogens is 1. The molecule has 0 aliphatic heterocycles. The zero-order valence-corrected chi connectivity index (χ0v) is 16.1. The molecule has 2 saturated carbocycles. The van der Waals surface area contributed by atoms with E-state index in [0.717, 1.165) is 47.5 Å². The van der Waals surface area contributed by atoms with Crippen LogP contribution in [0.15, 0.2) is 6.20 Å². The summed E-state index contributed by atoms with van der Waals surface area (Å²) in [6, 6.07) is 0.879. The van der Waals surface area contributed by atoms with Crippen LogP contribution in [0.1, 0.15) is 70.1 Å². The van der Waals surface area contributed by atoms with E-state index >= 15 is 0 Å². The number of rotatable bonds is 3. The normalized spacial score (nSPS) is 30.8. The summed E-state index contributed by atoms with van der Waals surface area (Å²) in [5, 5.41) is 3.81. The molecular formula is C19H31N3OS. The van der Waals surface area contributed by atoms with E-state index in [0.29, 0.717) is 12.1 Å². The van der Waals surface area contributed by atoms with E-state index in [1.165, 1.54) is 25.7 Å². The van der Waals surface area contributed by atoms with Crippen LogP contribution in [-0.2, 0) is 0 Å². The first-order chi connectivity index (χ1) is 11.5. The van der Waals surface area contributed by atoms with Gasteiger partial charge in [-0.25, -0.2) is 9.78 Å². The summed E-state index contributed by atoms with van der Waals surface area (Å²) in [5.41, 5.74) is 0. The van der Waals surface area contributed by atoms with Crippen LogP contribution < -0.4 is 5.32 Å². The largest absolute Gasteiger partial charge is 0.324 e. The van der Waals surface area contributed by atoms with Crippen molar-refractivity contribution in [3.63, 3.8) is 0 Å². The minimum absolute atomic E-state index is 0.0726. The molecule has 0 radical (unpaired) electrons. The van der Waals surface area contributed by atoms with E-state index in [-0.39, 0.29) is 6.03 Å². The summed E-state index contributed by atoms with van der Waals surface area (Å²) in [6.07, 6.45) is 11.4. The number of carbonyl (C=O) groups is 1. The molecule has 0 spiro atoms. The van der Waals surface area contributed by atoms with Crippen molar-refractivity contribution in [1.82, 2.24) is 9.88 Å². The Morgan fingerprint density at radius 1 is 1.04 bits per heavy atom. The van der Waals surface area contributed by atoms with Crippen LogP contribution in [0.4, 0.5) is 9.93 Å². The number of nitrogens with one attached hydrogen (secondary N) is 1. The van der Waals surface area contributed by atoms with Gasteiger partial charge >= 0.3 is 6.03 Å². The molecule has 1 heterocycles. The predicted molar refractivity (Wildman–Crippen MR) is 101 cm³/mol. The topological polar surface area (TPSA) is 45.2 Å². The molecule has 0 atom stereocenters. The second-order valence-electron chi connectivity index (χ2n) is 7.94. The summed E-state index contributed by atoms with van der Waals surface area (Å²) in [6.45, 7) is 6.69. The number of nitrogens with zero attached hydrogens (tertiary/aromatic N) is 2. The van der Waals surface area contributed by atoms with Gasteiger partial charge < -0.3 is 4.90 Å². The van der Waals surface area contributed by atoms with Crippen molar-refractivity contribution >= 4 is 22.5 Å². The standard InChI is InChI=1S/C19H31N3OS/c1-13-4-8-16(9-5-13)22(17-10-6-14(2)7-11-17)19(23)21-18-20-12-15(3)24-18/h12-14,16-17H,4-11H2,1-3H3,(H,20,21,23). The Kier molecular flexibility index (Phi) is 5.80. The van der Waals surface area contributed by atoms with Gasteiger partial charge in [0.15, 0.2) is 5.13 Å². The van der Waals surface area contributed by atoms with E-state index in [1.807, 2.05) is 13.1 Å². The Hall–Kier alpha value is -1.10. The molecule has 5 heteroatoms. The molecule has 2 aliphatic rings. The van der Waals surface area contributed by atoms with Crippen molar-refractivity contribution in [1.29, 1.82) is 0 Å². The summed E-state index contributed by atoms with van der Waals surface area (Å²) in [7, 11) is 0. The lowest BCUT2D eigenvalue weighted by molar-refractivity contribution is 0.0975. The number of carbonyl (C=O) groups excluding carboxylic acids is 1. The number of anilines is 1. The first-order valence-corrected chi connectivity index (χ1v) is 10.4. The number of hydrogen-bond acceptors (Lipinski definition) is 3. The second kappa shape index (κ2) is 7.85. The molecule has 2 amide bonds. The first-order valence-electron chi connectivity index (χ1n) is 9.54. The lowest BCUT2D eigenvalue weighted by Gasteiger charge is -2.43. The molecule has 2 fully saturated rings. The molecule has 1 N–H and O–H groups in total. The second-order valence-corrected chi connectivity index (χ2v) is 9.18. The van der Waals surface area contributed by atoms with Crippen LogP contribution in [0.3, 0.4) is 0 Å². The predicted octanol–water partition coefficient (Wildman–Crippen LogP) is 5.44. The Bertz CT molecular complexity index is 521. The van der Waals surface area contributed by atoms with E-state index in [4.69, 9.17) is 0 Å². The fourth-order valence-electron chi connectivity index (χ4n) is 4.24. The lowest BCUT2D eigenvalue weighted by atomic mass is 9.82. The van der Waals surface area contributed by atoms with Crippen molar-refractivity contribution < 1.29 is 4.79 Å². The molecule has 134 valence electrons. The smallest absolute Gasteiger partial charge is 0.319 e. The fourth-order valence-corrected chi connectivity index (χ4v) is 4.89. The third-order valence-electron chi connectivity index (χ3n) is 5.83. The number of aryl methyl sites for hydroxylation is 1. The Morgan fingerprint density at radius 2 is 1.54 bits per heavy atom. The Morgan fingerprint density at radius 3 is 1.96 bits per heavy atom. The Labute approximate surface area is 150 Å². The molecule has 24 heavy (non-hydrogen) atoms. The van der Waals surface area contributed by atoms with Gasteiger partial charge in [0.1, 0.15) is 0 Å². The van der Waals surface area contributed by atoms with Gasteiger partial charge in [0.25, 0.3) is 0 Å². The minimum atomic E-state index is 0.0726. The maximum Gasteiger partial charge on any atom is 0.324 e. The number of amides is 2. The summed E-state index contributed by atoms with van der Waals surface area (Å²) < 4.78 is 0. The molecule has 1 aromatic rings. The highest BCUT2D eigenvalue weighted by atomic mass is 32.1. The van der Waals surface area contributed by atoms with Crippen molar-refractivity contribution in [2.75, 3.05) is 5.32 Å². The molecule has 0 saturated heterocycles. The zero-order valence-electron chi connectivity index (χ0n) is 15.3. The third-order valence-corrected chi connectivity index (χ3v) is 6.66. The highest BCUT2D eigenvalue weighted by molar-refractivity contribution is 7.15. The van der Waals surface area contributed by atoms with Gasteiger partial charge in [0.2, 0.25) is 0 Å². The molecular weight excluding hydrogens is 318 g/mol. The molecule has 0 bridgehead atoms. The van der Waals surface area contributed by atoms with E-state index in [9.17, 15) is 4.79 Å². The highest BCUT2D eigenvalue weighted by Gasteiger charge is 2.34. The van der Waals surface area contributed by atoms with Gasteiger partial charge in [-0.2, -0.15) is 0 Å². The molecule has 3 rings (SSSR count). The van der Waals surface area contributed by atoms with Gasteiger partial charge in [0, 0.05) is 23.2 Å². The maximum absolute atomic E-state index is 13.1. The average Bonchev–Trinajstić information content (AvgIpc) is 2.96. The summed E-state index contributed by atoms with van der Waals surface area (Å²) in [4.78, 5) is 20.7. The van der Waals surface area contributed by atoms with Crippen LogP contribution in [0.2, 0.25) is 0 Å². The van der Waals surface area contributed by atoms with Crippen LogP contribution >= 0.6 is 11.3 Å². The van der Waals surface area contributed by atoms with Gasteiger partial charge in [-0.15, -0.1) is 11.3 Å². The van der Waals surface area contributed by atoms with Crippen LogP contribution in [0, 0.1) is 18.8 Å². The number of hydrogen-bond donors (Lipinski definition) is 1. The molecule has 0 unspecified atom stereocenters. The lowest BCUT2D eigenvalue weighted by Crippen LogP contribution is -2.51. The van der Waals surface area contributed by atoms with Crippen molar-refractivity contribution in [2.45, 2.75) is 84.2 Å². The zero-order chi connectivity index (χ0) is 17.1. The maximum atomic E-state index is 13.1. The first kappa shape index (κ1) is 17.7. The fraction of sp³-hybridized carbons (Fsp3) is 0.789. The average molecular weight is 350 g/mol. The van der Waals surface area contributed by atoms with Gasteiger partial charge in [-0.3, -0.25) is 5.32 Å². The van der Waals surface area contributed by atoms with Gasteiger partial charge in [0.05, 0.1) is 0 Å². The molecule has 0 aromatic carbocycles. The summed E-state index contributed by atoms with van der Waals surface area (Å²) >= 11 is 1.56. The third kappa shape index (κ3) is 4.29. The van der Waals surface area contributed by atoms with Crippen molar-refractivity contribution in [3.05, 3.63) is 11.1 Å². The van der Waals surface area contributed by atoms with Crippen LogP contribution in [0.25, 0.3) is 0 Å². The monoisotopic (exact) mass is 349 g/mol. The highest BCUT2D eigenvalue weighted by Crippen LogP contribution is 2.34. The van der Waals surface area contributed by atoms with E-state index < -0.39 is 0 Å². The van der Waals surface area contributed by atoms with Gasteiger partial charge in [-0.1, -0.05) is 13.8 Å². The van der Waals surface area contributed by atoms with E-state index in [1.54, 1.807) is 11.3 Å². The summed E-state index contributed by atoms with van der Waals surface area (Å²) in [5.74, 6) is 1.61. The number of thiazole rings is 1. The van der Waals surface area contributed by atoms with Crippen molar-refractivity contribution in [3.8, 4) is 0 Å². The van der Waals surface area contributed by atoms with Crippen LogP contribution in [0.5, 0.6) is 0 Å². The molecule has 1 aromatic heterocycles. The molecule has 4 nitrogen and oxygen atoms in total.